The maximum Gasteiger partial charge on any atom is 0.132 e. The summed E-state index contributed by atoms with van der Waals surface area (Å²) in [6.45, 7) is 15.1. The monoisotopic (exact) mass is 278 g/mol. The first kappa shape index (κ1) is 15.1. The molecule has 0 aromatic heterocycles. The molecule has 0 aliphatic carbocycles. The van der Waals surface area contributed by atoms with E-state index in [2.05, 4.69) is 23.4 Å². The third-order valence-corrected chi connectivity index (χ3v) is 4.69. The smallest absolute Gasteiger partial charge is 0.132 e. The van der Waals surface area contributed by atoms with Crippen molar-refractivity contribution >= 4 is 0 Å². The Balaban J connectivity index is 2.00. The molecule has 0 bridgehead atoms. The van der Waals surface area contributed by atoms with Crippen LogP contribution in [0.4, 0.5) is 4.39 Å². The Morgan fingerprint density at radius 3 is 2.35 bits per heavy atom. The lowest BCUT2D eigenvalue weighted by Crippen LogP contribution is -2.49. The molecule has 0 amide bonds. The zero-order chi connectivity index (χ0) is 15.0. The van der Waals surface area contributed by atoms with Crippen LogP contribution in [0.2, 0.25) is 0 Å². The van der Waals surface area contributed by atoms with Gasteiger partial charge in [-0.3, -0.25) is 0 Å². The predicted octanol–water partition coefficient (Wildman–Crippen LogP) is 3.93. The van der Waals surface area contributed by atoms with Gasteiger partial charge in [-0.1, -0.05) is 19.2 Å². The molecule has 2 nitrogen and oxygen atoms in total. The van der Waals surface area contributed by atoms with E-state index in [9.17, 15) is 4.39 Å². The minimum Gasteiger partial charge on any atom is -0.383 e. The van der Waals surface area contributed by atoms with E-state index >= 15 is 0 Å². The average molecular weight is 278 g/mol. The van der Waals surface area contributed by atoms with Gasteiger partial charge in [0.2, 0.25) is 0 Å². The first-order valence-electron chi connectivity index (χ1n) is 7.53. The van der Waals surface area contributed by atoms with Crippen molar-refractivity contribution < 1.29 is 4.39 Å². The minimum absolute atomic E-state index is 0.231. The molecular weight excluding hydrogens is 251 g/mol. The summed E-state index contributed by atoms with van der Waals surface area (Å²) in [5.74, 6) is 0. The SMILES string of the molecule is C=C1CCC2(CCN(C(=C)/C(=C\C)C(C)(C)F)CC2)N1. The van der Waals surface area contributed by atoms with Crippen LogP contribution in [0.15, 0.2) is 36.2 Å². The van der Waals surface area contributed by atoms with Crippen LogP contribution in [-0.2, 0) is 0 Å². The van der Waals surface area contributed by atoms with Gasteiger partial charge < -0.3 is 10.2 Å². The Morgan fingerprint density at radius 2 is 1.95 bits per heavy atom. The zero-order valence-electron chi connectivity index (χ0n) is 13.1. The summed E-state index contributed by atoms with van der Waals surface area (Å²) >= 11 is 0. The highest BCUT2D eigenvalue weighted by Gasteiger charge is 2.39. The number of alkyl halides is 1. The van der Waals surface area contributed by atoms with Crippen LogP contribution in [0.3, 0.4) is 0 Å². The van der Waals surface area contributed by atoms with Crippen molar-refractivity contribution in [1.82, 2.24) is 10.2 Å². The predicted molar refractivity (Wildman–Crippen MR) is 83.1 cm³/mol. The molecule has 3 heteroatoms. The van der Waals surface area contributed by atoms with Gasteiger partial charge in [0.05, 0.1) is 0 Å². The van der Waals surface area contributed by atoms with Crippen LogP contribution < -0.4 is 5.32 Å². The van der Waals surface area contributed by atoms with Crippen LogP contribution in [0.1, 0.15) is 46.5 Å². The van der Waals surface area contributed by atoms with E-state index in [0.717, 1.165) is 43.7 Å². The lowest BCUT2D eigenvalue weighted by atomic mass is 9.85. The Labute approximate surface area is 122 Å². The normalized spacial score (nSPS) is 23.1. The molecule has 2 aliphatic heterocycles. The highest BCUT2D eigenvalue weighted by molar-refractivity contribution is 5.34. The first-order chi connectivity index (χ1) is 9.27. The van der Waals surface area contributed by atoms with Crippen LogP contribution in [0.5, 0.6) is 0 Å². The summed E-state index contributed by atoms with van der Waals surface area (Å²) in [6.07, 6.45) is 6.27. The number of rotatable bonds is 3. The van der Waals surface area contributed by atoms with Crippen LogP contribution in [-0.4, -0.2) is 29.2 Å². The standard InChI is InChI=1S/C17H27FN2/c1-6-15(16(4,5)18)14(3)20-11-9-17(10-12-20)8-7-13(2)19-17/h6,19H,2-3,7-12H2,1,4-5H3/b15-6+. The molecule has 0 saturated carbocycles. The van der Waals surface area contributed by atoms with Gasteiger partial charge in [0.25, 0.3) is 0 Å². The van der Waals surface area contributed by atoms with Gasteiger partial charge in [0.15, 0.2) is 0 Å². The number of allylic oxidation sites excluding steroid dienone is 3. The van der Waals surface area contributed by atoms with Crippen molar-refractivity contribution in [2.45, 2.75) is 57.7 Å². The second kappa shape index (κ2) is 5.27. The number of likely N-dealkylation sites (tertiary alicyclic amines) is 1. The van der Waals surface area contributed by atoms with E-state index < -0.39 is 5.67 Å². The van der Waals surface area contributed by atoms with Gasteiger partial charge in [-0.05, 0) is 46.5 Å². The molecule has 1 spiro atoms. The molecule has 2 rings (SSSR count). The number of hydrogen-bond acceptors (Lipinski definition) is 2. The average Bonchev–Trinajstić information content (AvgIpc) is 2.70. The summed E-state index contributed by atoms with van der Waals surface area (Å²) < 4.78 is 14.2. The fourth-order valence-corrected chi connectivity index (χ4v) is 3.49. The van der Waals surface area contributed by atoms with E-state index in [-0.39, 0.29) is 5.54 Å². The quantitative estimate of drug-likeness (QED) is 0.787. The van der Waals surface area contributed by atoms with Crippen molar-refractivity contribution in [1.29, 1.82) is 0 Å². The molecule has 1 N–H and O–H groups in total. The second-order valence-electron chi connectivity index (χ2n) is 6.62. The Bertz CT molecular complexity index is 434. The second-order valence-corrected chi connectivity index (χ2v) is 6.62. The summed E-state index contributed by atoms with van der Waals surface area (Å²) in [5, 5.41) is 3.56. The molecule has 0 radical (unpaired) electrons. The molecule has 2 aliphatic rings. The topological polar surface area (TPSA) is 15.3 Å². The van der Waals surface area contributed by atoms with Crippen molar-refractivity contribution in [3.8, 4) is 0 Å². The summed E-state index contributed by atoms with van der Waals surface area (Å²) in [4.78, 5) is 2.23. The maximum absolute atomic E-state index is 14.2. The van der Waals surface area contributed by atoms with Crippen molar-refractivity contribution in [2.75, 3.05) is 13.1 Å². The van der Waals surface area contributed by atoms with Crippen LogP contribution >= 0.6 is 0 Å². The van der Waals surface area contributed by atoms with Crippen LogP contribution in [0, 0.1) is 0 Å². The van der Waals surface area contributed by atoms with E-state index in [1.165, 1.54) is 6.42 Å². The van der Waals surface area contributed by atoms with Gasteiger partial charge in [0, 0.05) is 35.6 Å². The lowest BCUT2D eigenvalue weighted by molar-refractivity contribution is 0.176. The van der Waals surface area contributed by atoms with Crippen molar-refractivity contribution in [2.24, 2.45) is 0 Å². The Hall–Kier alpha value is -1.25. The lowest BCUT2D eigenvalue weighted by Gasteiger charge is -2.42. The number of hydrogen-bond donors (Lipinski definition) is 1. The molecular formula is C17H27FN2. The zero-order valence-corrected chi connectivity index (χ0v) is 13.1. The molecule has 0 aromatic rings. The minimum atomic E-state index is -1.33. The third-order valence-electron chi connectivity index (χ3n) is 4.69. The Kier molecular flexibility index (Phi) is 3.99. The molecule has 112 valence electrons. The molecule has 0 aromatic carbocycles. The first-order valence-corrected chi connectivity index (χ1v) is 7.53. The van der Waals surface area contributed by atoms with Crippen LogP contribution in [0.25, 0.3) is 0 Å². The van der Waals surface area contributed by atoms with Gasteiger partial charge in [-0.15, -0.1) is 0 Å². The number of nitrogens with one attached hydrogen (secondary N) is 1. The molecule has 2 fully saturated rings. The van der Waals surface area contributed by atoms with Crippen molar-refractivity contribution in [3.63, 3.8) is 0 Å². The molecule has 2 saturated heterocycles. The van der Waals surface area contributed by atoms with Gasteiger partial charge in [0.1, 0.15) is 5.67 Å². The van der Waals surface area contributed by atoms with Crippen molar-refractivity contribution in [3.05, 3.63) is 36.2 Å². The Morgan fingerprint density at radius 1 is 1.35 bits per heavy atom. The highest BCUT2D eigenvalue weighted by Crippen LogP contribution is 2.37. The third kappa shape index (κ3) is 2.92. The fourth-order valence-electron chi connectivity index (χ4n) is 3.49. The van der Waals surface area contributed by atoms with Gasteiger partial charge in [-0.25, -0.2) is 4.39 Å². The number of piperidine rings is 1. The summed E-state index contributed by atoms with van der Waals surface area (Å²) in [5.41, 5.74) is 1.61. The number of nitrogens with zero attached hydrogens (tertiary/aromatic N) is 1. The molecule has 2 heterocycles. The van der Waals surface area contributed by atoms with Gasteiger partial charge >= 0.3 is 0 Å². The maximum atomic E-state index is 14.2. The fraction of sp³-hybridized carbons (Fsp3) is 0.647. The molecule has 20 heavy (non-hydrogen) atoms. The van der Waals surface area contributed by atoms with E-state index in [4.69, 9.17) is 0 Å². The van der Waals surface area contributed by atoms with Gasteiger partial charge in [-0.2, -0.15) is 0 Å². The van der Waals surface area contributed by atoms with E-state index in [1.807, 2.05) is 13.0 Å². The molecule has 0 atom stereocenters. The van der Waals surface area contributed by atoms with E-state index in [1.54, 1.807) is 13.8 Å². The number of halogens is 1. The summed E-state index contributed by atoms with van der Waals surface area (Å²) in [7, 11) is 0. The highest BCUT2D eigenvalue weighted by atomic mass is 19.1. The molecule has 0 unspecified atom stereocenters. The summed E-state index contributed by atoms with van der Waals surface area (Å²) in [6, 6.07) is 0. The largest absolute Gasteiger partial charge is 0.383 e. The van der Waals surface area contributed by atoms with E-state index in [0.29, 0.717) is 5.57 Å².